The quantitative estimate of drug-likeness (QED) is 0.243. The molecule has 0 unspecified atom stereocenters. The van der Waals surface area contributed by atoms with Gasteiger partial charge in [-0.1, -0.05) is 36.4 Å². The summed E-state index contributed by atoms with van der Waals surface area (Å²) in [7, 11) is -2.02. The summed E-state index contributed by atoms with van der Waals surface area (Å²) in [5, 5.41) is 0. The first kappa shape index (κ1) is 27.0. The third kappa shape index (κ3) is 6.12. The zero-order chi connectivity index (χ0) is 28.2. The molecule has 11 heteroatoms. The van der Waals surface area contributed by atoms with Crippen molar-refractivity contribution in [3.63, 3.8) is 0 Å². The van der Waals surface area contributed by atoms with Crippen LogP contribution >= 0.6 is 11.9 Å². The highest BCUT2D eigenvalue weighted by Gasteiger charge is 2.21. The van der Waals surface area contributed by atoms with Crippen molar-refractivity contribution in [2.75, 3.05) is 42.9 Å². The van der Waals surface area contributed by atoms with Crippen molar-refractivity contribution in [2.24, 2.45) is 0 Å². The standard InChI is InChI=1S/C30H28N6O3S2/c1-39-28-9-5-6-10-29(28)40-36-15-13-35(14-16-36)30-21-32-26-12-11-22(18-27(26)33-30)23-17-24(20-31-19-23)34-41(37,38)25-7-3-2-4-8-25/h2-12,17-21,34H,13-16H2,1H3. The van der Waals surface area contributed by atoms with Gasteiger partial charge >= 0.3 is 0 Å². The van der Waals surface area contributed by atoms with Gasteiger partial charge in [-0.05, 0) is 60.0 Å². The lowest BCUT2D eigenvalue weighted by Crippen LogP contribution is -2.43. The Morgan fingerprint density at radius 3 is 2.41 bits per heavy atom. The van der Waals surface area contributed by atoms with E-state index in [2.05, 4.69) is 30.0 Å². The fourth-order valence-corrected chi connectivity index (χ4v) is 6.70. The van der Waals surface area contributed by atoms with Crippen LogP contribution in [0, 0.1) is 0 Å². The van der Waals surface area contributed by atoms with Gasteiger partial charge in [0.1, 0.15) is 11.6 Å². The zero-order valence-electron chi connectivity index (χ0n) is 22.3. The predicted molar refractivity (Wildman–Crippen MR) is 163 cm³/mol. The van der Waals surface area contributed by atoms with E-state index < -0.39 is 10.0 Å². The summed E-state index contributed by atoms with van der Waals surface area (Å²) in [6, 6.07) is 23.9. The van der Waals surface area contributed by atoms with Gasteiger partial charge in [0.15, 0.2) is 0 Å². The normalized spacial score (nSPS) is 14.2. The molecule has 0 atom stereocenters. The molecule has 0 aliphatic carbocycles. The number of para-hydroxylation sites is 1. The Morgan fingerprint density at radius 1 is 0.829 bits per heavy atom. The van der Waals surface area contributed by atoms with Gasteiger partial charge in [0.25, 0.3) is 10.0 Å². The zero-order valence-corrected chi connectivity index (χ0v) is 24.0. The van der Waals surface area contributed by atoms with Crippen LogP contribution in [0.2, 0.25) is 0 Å². The average Bonchev–Trinajstić information content (AvgIpc) is 3.01. The molecule has 0 radical (unpaired) electrons. The maximum absolute atomic E-state index is 12.8. The lowest BCUT2D eigenvalue weighted by Gasteiger charge is -2.34. The number of methoxy groups -OCH3 is 1. The number of sulfonamides is 1. The van der Waals surface area contributed by atoms with Crippen LogP contribution < -0.4 is 14.4 Å². The van der Waals surface area contributed by atoms with Crippen LogP contribution in [0.4, 0.5) is 11.5 Å². The van der Waals surface area contributed by atoms with Crippen LogP contribution in [-0.4, -0.2) is 61.0 Å². The minimum absolute atomic E-state index is 0.193. The summed E-state index contributed by atoms with van der Waals surface area (Å²) in [6.45, 7) is 3.41. The van der Waals surface area contributed by atoms with E-state index in [9.17, 15) is 8.42 Å². The molecule has 1 aliphatic rings. The number of fused-ring (bicyclic) bond motifs is 1. The number of hydrogen-bond donors (Lipinski definition) is 1. The Kier molecular flexibility index (Phi) is 7.73. The average molecular weight is 585 g/mol. The predicted octanol–water partition coefficient (Wildman–Crippen LogP) is 5.33. The summed E-state index contributed by atoms with van der Waals surface area (Å²) in [6.07, 6.45) is 5.03. The highest BCUT2D eigenvalue weighted by molar-refractivity contribution is 7.97. The minimum atomic E-state index is -3.72. The van der Waals surface area contributed by atoms with Crippen LogP contribution in [0.3, 0.4) is 0 Å². The maximum Gasteiger partial charge on any atom is 0.261 e. The molecule has 0 spiro atoms. The lowest BCUT2D eigenvalue weighted by molar-refractivity contribution is 0.400. The van der Waals surface area contributed by atoms with Crippen LogP contribution in [0.25, 0.3) is 22.2 Å². The highest BCUT2D eigenvalue weighted by atomic mass is 32.2. The van der Waals surface area contributed by atoms with Gasteiger partial charge in [-0.2, -0.15) is 0 Å². The van der Waals surface area contributed by atoms with Gasteiger partial charge in [0.2, 0.25) is 0 Å². The van der Waals surface area contributed by atoms with Crippen LogP contribution in [0.1, 0.15) is 0 Å². The van der Waals surface area contributed by atoms with Crippen molar-refractivity contribution in [1.29, 1.82) is 0 Å². The van der Waals surface area contributed by atoms with Gasteiger partial charge in [-0.15, -0.1) is 0 Å². The summed E-state index contributed by atoms with van der Waals surface area (Å²) >= 11 is 1.72. The molecular weight excluding hydrogens is 557 g/mol. The number of benzene rings is 3. The molecule has 208 valence electrons. The largest absolute Gasteiger partial charge is 0.496 e. The molecular formula is C30H28N6O3S2. The van der Waals surface area contributed by atoms with Crippen molar-refractivity contribution in [3.05, 3.63) is 97.5 Å². The molecule has 1 aliphatic heterocycles. The smallest absolute Gasteiger partial charge is 0.261 e. The van der Waals surface area contributed by atoms with Gasteiger partial charge < -0.3 is 9.64 Å². The van der Waals surface area contributed by atoms with E-state index in [0.717, 1.165) is 64.8 Å². The van der Waals surface area contributed by atoms with E-state index in [4.69, 9.17) is 9.72 Å². The summed E-state index contributed by atoms with van der Waals surface area (Å²) < 4.78 is 36.0. The minimum Gasteiger partial charge on any atom is -0.496 e. The van der Waals surface area contributed by atoms with Crippen LogP contribution in [0.15, 0.2) is 107 Å². The molecule has 6 rings (SSSR count). The summed E-state index contributed by atoms with van der Waals surface area (Å²) in [5.41, 5.74) is 3.58. The summed E-state index contributed by atoms with van der Waals surface area (Å²) in [5.74, 6) is 1.71. The van der Waals surface area contributed by atoms with E-state index in [1.54, 1.807) is 61.7 Å². The number of aromatic nitrogens is 3. The Hall–Kier alpha value is -4.19. The van der Waals surface area contributed by atoms with E-state index in [1.807, 2.05) is 42.6 Å². The number of pyridine rings is 1. The SMILES string of the molecule is COc1ccccc1SN1CCN(c2cnc3ccc(-c4cncc(NS(=O)(=O)c5ccccc5)c4)cc3n2)CC1. The second kappa shape index (κ2) is 11.7. The number of hydrogen-bond acceptors (Lipinski definition) is 9. The van der Waals surface area contributed by atoms with Crippen LogP contribution in [0.5, 0.6) is 5.75 Å². The van der Waals surface area contributed by atoms with E-state index in [-0.39, 0.29) is 4.90 Å². The number of rotatable bonds is 8. The van der Waals surface area contributed by atoms with Crippen molar-refractivity contribution in [3.8, 4) is 16.9 Å². The molecule has 3 heterocycles. The fourth-order valence-electron chi connectivity index (χ4n) is 4.64. The van der Waals surface area contributed by atoms with E-state index >= 15 is 0 Å². The number of nitrogens with zero attached hydrogens (tertiary/aromatic N) is 5. The number of anilines is 2. The Bertz CT molecular complexity index is 1780. The number of nitrogens with one attached hydrogen (secondary N) is 1. The third-order valence-corrected chi connectivity index (χ3v) is 9.32. The Balaban J connectivity index is 1.17. The second-order valence-electron chi connectivity index (χ2n) is 9.47. The second-order valence-corrected chi connectivity index (χ2v) is 12.3. The monoisotopic (exact) mass is 584 g/mol. The third-order valence-electron chi connectivity index (χ3n) is 6.77. The molecule has 0 amide bonds. The van der Waals surface area contributed by atoms with Gasteiger partial charge in [-0.25, -0.2) is 17.7 Å². The topological polar surface area (TPSA) is 101 Å². The van der Waals surface area contributed by atoms with Crippen molar-refractivity contribution >= 4 is 44.5 Å². The molecule has 1 saturated heterocycles. The maximum atomic E-state index is 12.8. The fraction of sp³-hybridized carbons (Fsp3) is 0.167. The van der Waals surface area contributed by atoms with Gasteiger partial charge in [0, 0.05) is 37.9 Å². The van der Waals surface area contributed by atoms with Crippen molar-refractivity contribution < 1.29 is 13.2 Å². The van der Waals surface area contributed by atoms with Crippen molar-refractivity contribution in [2.45, 2.75) is 9.79 Å². The number of ether oxygens (including phenoxy) is 1. The molecule has 0 saturated carbocycles. The molecule has 3 aromatic carbocycles. The van der Waals surface area contributed by atoms with Crippen LogP contribution in [-0.2, 0) is 10.0 Å². The first-order valence-corrected chi connectivity index (χ1v) is 15.4. The van der Waals surface area contributed by atoms with E-state index in [0.29, 0.717) is 5.69 Å². The van der Waals surface area contributed by atoms with Gasteiger partial charge in [0.05, 0.1) is 46.0 Å². The molecule has 0 bridgehead atoms. The molecule has 2 aromatic heterocycles. The molecule has 1 N–H and O–H groups in total. The Labute approximate surface area is 243 Å². The van der Waals surface area contributed by atoms with Crippen molar-refractivity contribution in [1.82, 2.24) is 19.3 Å². The lowest BCUT2D eigenvalue weighted by atomic mass is 10.1. The number of piperazine rings is 1. The first-order valence-electron chi connectivity index (χ1n) is 13.1. The molecule has 5 aromatic rings. The Morgan fingerprint density at radius 2 is 1.61 bits per heavy atom. The first-order chi connectivity index (χ1) is 20.0. The molecule has 1 fully saturated rings. The highest BCUT2D eigenvalue weighted by Crippen LogP contribution is 2.32. The van der Waals surface area contributed by atoms with Gasteiger partial charge in [-0.3, -0.25) is 14.7 Å². The molecule has 9 nitrogen and oxygen atoms in total. The van der Waals surface area contributed by atoms with E-state index in [1.165, 1.54) is 6.20 Å². The molecule has 41 heavy (non-hydrogen) atoms. The summed E-state index contributed by atoms with van der Waals surface area (Å²) in [4.78, 5) is 17.4.